The number of nitrogens with zero attached hydrogens (tertiary/aromatic N) is 2. The normalized spacial score (nSPS) is 15.2. The molecule has 1 N–H and O–H groups in total. The quantitative estimate of drug-likeness (QED) is 0.782. The van der Waals surface area contributed by atoms with Gasteiger partial charge in [-0.1, -0.05) is 26.7 Å². The number of hydrogen-bond acceptors (Lipinski definition) is 3. The smallest absolute Gasteiger partial charge is 0.255 e. The van der Waals surface area contributed by atoms with E-state index >= 15 is 0 Å². The van der Waals surface area contributed by atoms with Gasteiger partial charge >= 0.3 is 0 Å². The van der Waals surface area contributed by atoms with Crippen molar-refractivity contribution in [1.29, 1.82) is 0 Å². The molecule has 2 heterocycles. The molecule has 0 aliphatic carbocycles. The van der Waals surface area contributed by atoms with Gasteiger partial charge in [-0.05, 0) is 31.6 Å². The molecule has 0 atom stereocenters. The van der Waals surface area contributed by atoms with E-state index in [4.69, 9.17) is 0 Å². The second kappa shape index (κ2) is 7.76. The van der Waals surface area contributed by atoms with Gasteiger partial charge in [-0.3, -0.25) is 4.79 Å². The molecular weight excluding hydrogens is 262 g/mol. The average molecular weight is 291 g/mol. The highest BCUT2D eigenvalue weighted by Gasteiger charge is 2.19. The Morgan fingerprint density at radius 1 is 1.29 bits per heavy atom. The summed E-state index contributed by atoms with van der Waals surface area (Å²) in [5, 5.41) is 3.29. The first-order chi connectivity index (χ1) is 10.2. The highest BCUT2D eigenvalue weighted by Crippen LogP contribution is 2.18. The molecule has 0 saturated heterocycles. The maximum absolute atomic E-state index is 12.7. The van der Waals surface area contributed by atoms with Gasteiger partial charge in [-0.25, -0.2) is 0 Å². The summed E-state index contributed by atoms with van der Waals surface area (Å²) in [5.74, 6) is 0. The highest BCUT2D eigenvalue weighted by atomic mass is 16.1. The molecule has 0 unspecified atom stereocenters. The van der Waals surface area contributed by atoms with Crippen molar-refractivity contribution in [2.24, 2.45) is 0 Å². The molecule has 0 aromatic carbocycles. The number of likely N-dealkylation sites (N-methyl/N-ethyl adjacent to an activating group) is 1. The summed E-state index contributed by atoms with van der Waals surface area (Å²) >= 11 is 0. The van der Waals surface area contributed by atoms with Gasteiger partial charge in [-0.15, -0.1) is 0 Å². The Balaban J connectivity index is 2.34. The summed E-state index contributed by atoms with van der Waals surface area (Å²) < 4.78 is 2.06. The summed E-state index contributed by atoms with van der Waals surface area (Å²) in [6.45, 7) is 8.74. The second-order valence-corrected chi connectivity index (χ2v) is 6.07. The molecule has 1 aromatic heterocycles. The van der Waals surface area contributed by atoms with Gasteiger partial charge in [0, 0.05) is 43.9 Å². The molecule has 2 rings (SSSR count). The van der Waals surface area contributed by atoms with Crippen LogP contribution in [0.4, 0.5) is 0 Å². The molecule has 0 saturated carbocycles. The molecule has 0 spiro atoms. The number of nitrogens with one attached hydrogen (secondary N) is 1. The lowest BCUT2D eigenvalue weighted by Crippen LogP contribution is -2.36. The fraction of sp³-hybridized carbons (Fsp3) is 0.706. The van der Waals surface area contributed by atoms with Crippen LogP contribution in [0, 0.1) is 0 Å². The van der Waals surface area contributed by atoms with Crippen LogP contribution in [0.3, 0.4) is 0 Å². The van der Waals surface area contributed by atoms with Crippen molar-refractivity contribution in [3.05, 3.63) is 33.2 Å². The van der Waals surface area contributed by atoms with Crippen molar-refractivity contribution in [2.75, 3.05) is 20.1 Å². The first kappa shape index (κ1) is 16.2. The van der Waals surface area contributed by atoms with Crippen molar-refractivity contribution in [3.8, 4) is 0 Å². The number of aromatic nitrogens is 1. The fourth-order valence-electron chi connectivity index (χ4n) is 3.07. The Labute approximate surface area is 128 Å². The minimum Gasteiger partial charge on any atom is -0.313 e. The monoisotopic (exact) mass is 291 g/mol. The van der Waals surface area contributed by atoms with Gasteiger partial charge in [0.25, 0.3) is 5.56 Å². The van der Waals surface area contributed by atoms with Crippen LogP contribution < -0.4 is 10.9 Å². The molecule has 0 radical (unpaired) electrons. The van der Waals surface area contributed by atoms with Crippen molar-refractivity contribution in [1.82, 2.24) is 14.8 Å². The van der Waals surface area contributed by atoms with E-state index in [1.54, 1.807) is 0 Å². The van der Waals surface area contributed by atoms with Gasteiger partial charge in [-0.2, -0.15) is 0 Å². The molecule has 21 heavy (non-hydrogen) atoms. The fourth-order valence-corrected chi connectivity index (χ4v) is 3.07. The Morgan fingerprint density at radius 3 is 2.81 bits per heavy atom. The van der Waals surface area contributed by atoms with E-state index in [0.29, 0.717) is 6.54 Å². The maximum Gasteiger partial charge on any atom is 0.255 e. The van der Waals surface area contributed by atoms with Crippen LogP contribution in [-0.2, 0) is 26.1 Å². The van der Waals surface area contributed by atoms with Crippen LogP contribution in [0.5, 0.6) is 0 Å². The van der Waals surface area contributed by atoms with Crippen LogP contribution in [0.1, 0.15) is 49.9 Å². The maximum atomic E-state index is 12.7. The van der Waals surface area contributed by atoms with E-state index in [9.17, 15) is 4.79 Å². The average Bonchev–Trinajstić information content (AvgIpc) is 2.48. The molecule has 0 bridgehead atoms. The lowest BCUT2D eigenvalue weighted by Gasteiger charge is -2.28. The summed E-state index contributed by atoms with van der Waals surface area (Å²) in [6.07, 6.45) is 4.48. The van der Waals surface area contributed by atoms with Crippen LogP contribution in [0.25, 0.3) is 0 Å². The van der Waals surface area contributed by atoms with E-state index in [-0.39, 0.29) is 5.56 Å². The summed E-state index contributed by atoms with van der Waals surface area (Å²) in [7, 11) is 2.15. The van der Waals surface area contributed by atoms with Crippen LogP contribution in [-0.4, -0.2) is 29.6 Å². The Hall–Kier alpha value is -1.13. The van der Waals surface area contributed by atoms with Crippen molar-refractivity contribution >= 4 is 0 Å². The molecule has 1 aliphatic heterocycles. The molecule has 0 amide bonds. The number of rotatable bonds is 7. The Kier molecular flexibility index (Phi) is 6.00. The zero-order valence-electron chi connectivity index (χ0n) is 13.7. The van der Waals surface area contributed by atoms with E-state index in [0.717, 1.165) is 44.6 Å². The standard InChI is InChI=1S/C17H29N3O/c1-4-6-7-9-20-16-8-10-19(3)13-15(16)11-14(17(20)21)12-18-5-2/h11,18H,4-10,12-13H2,1-3H3. The van der Waals surface area contributed by atoms with Crippen molar-refractivity contribution in [2.45, 2.75) is 59.2 Å². The van der Waals surface area contributed by atoms with Gasteiger partial charge in [0.05, 0.1) is 0 Å². The van der Waals surface area contributed by atoms with Gasteiger partial charge < -0.3 is 14.8 Å². The summed E-state index contributed by atoms with van der Waals surface area (Å²) in [4.78, 5) is 15.1. The predicted octanol–water partition coefficient (Wildman–Crippen LogP) is 2.14. The van der Waals surface area contributed by atoms with Gasteiger partial charge in [0.2, 0.25) is 0 Å². The third-order valence-corrected chi connectivity index (χ3v) is 4.29. The van der Waals surface area contributed by atoms with E-state index in [1.165, 1.54) is 24.1 Å². The number of unbranched alkanes of at least 4 members (excludes halogenated alkanes) is 2. The molecular formula is C17H29N3O. The van der Waals surface area contributed by atoms with Crippen molar-refractivity contribution < 1.29 is 0 Å². The van der Waals surface area contributed by atoms with Crippen LogP contribution >= 0.6 is 0 Å². The molecule has 4 heteroatoms. The number of pyridine rings is 1. The SMILES string of the molecule is CCCCCn1c2c(cc(CNCC)c1=O)CN(C)CC2. The lowest BCUT2D eigenvalue weighted by molar-refractivity contribution is 0.303. The summed E-state index contributed by atoms with van der Waals surface area (Å²) in [6, 6.07) is 2.13. The first-order valence-electron chi connectivity index (χ1n) is 8.31. The largest absolute Gasteiger partial charge is 0.313 e. The topological polar surface area (TPSA) is 37.3 Å². The minimum atomic E-state index is 0.218. The molecule has 0 fully saturated rings. The zero-order valence-corrected chi connectivity index (χ0v) is 13.7. The lowest BCUT2D eigenvalue weighted by atomic mass is 10.0. The van der Waals surface area contributed by atoms with E-state index in [1.807, 2.05) is 0 Å². The van der Waals surface area contributed by atoms with Gasteiger partial charge in [0.1, 0.15) is 0 Å². The van der Waals surface area contributed by atoms with Gasteiger partial charge in [0.15, 0.2) is 0 Å². The number of hydrogen-bond donors (Lipinski definition) is 1. The van der Waals surface area contributed by atoms with Crippen molar-refractivity contribution in [3.63, 3.8) is 0 Å². The Bertz CT molecular complexity index is 522. The molecule has 4 nitrogen and oxygen atoms in total. The zero-order chi connectivity index (χ0) is 15.2. The third kappa shape index (κ3) is 3.95. The Morgan fingerprint density at radius 2 is 2.10 bits per heavy atom. The van der Waals surface area contributed by atoms with Crippen LogP contribution in [0.15, 0.2) is 10.9 Å². The highest BCUT2D eigenvalue weighted by molar-refractivity contribution is 5.29. The van der Waals surface area contributed by atoms with E-state index < -0.39 is 0 Å². The van der Waals surface area contributed by atoms with E-state index in [2.05, 4.69) is 41.7 Å². The molecule has 1 aromatic rings. The first-order valence-corrected chi connectivity index (χ1v) is 8.31. The number of fused-ring (bicyclic) bond motifs is 1. The second-order valence-electron chi connectivity index (χ2n) is 6.07. The minimum absolute atomic E-state index is 0.218. The summed E-state index contributed by atoms with van der Waals surface area (Å²) in [5.41, 5.74) is 3.75. The third-order valence-electron chi connectivity index (χ3n) is 4.29. The predicted molar refractivity (Wildman–Crippen MR) is 87.6 cm³/mol. The molecule has 118 valence electrons. The molecule has 1 aliphatic rings. The van der Waals surface area contributed by atoms with Crippen LogP contribution in [0.2, 0.25) is 0 Å².